The molecule has 0 aliphatic heterocycles. The van der Waals surface area contributed by atoms with Crippen LogP contribution in [0.4, 0.5) is 0 Å². The molecule has 1 heterocycles. The molecular formula is C10H16N2S. The van der Waals surface area contributed by atoms with Crippen molar-refractivity contribution in [1.29, 1.82) is 0 Å². The van der Waals surface area contributed by atoms with Crippen LogP contribution in [-0.2, 0) is 6.42 Å². The zero-order valence-electron chi connectivity index (χ0n) is 7.83. The molecular weight excluding hydrogens is 180 g/mol. The molecule has 13 heavy (non-hydrogen) atoms. The van der Waals surface area contributed by atoms with E-state index >= 15 is 0 Å². The van der Waals surface area contributed by atoms with E-state index in [0.29, 0.717) is 0 Å². The molecule has 0 amide bonds. The van der Waals surface area contributed by atoms with Crippen molar-refractivity contribution in [2.24, 2.45) is 5.73 Å². The second-order valence-electron chi connectivity index (χ2n) is 3.68. The van der Waals surface area contributed by atoms with Gasteiger partial charge in [0, 0.05) is 17.0 Å². The van der Waals surface area contributed by atoms with E-state index in [-0.39, 0.29) is 0 Å². The van der Waals surface area contributed by atoms with Gasteiger partial charge in [0.1, 0.15) is 0 Å². The maximum atomic E-state index is 5.50. The minimum Gasteiger partial charge on any atom is -0.330 e. The molecule has 72 valence electrons. The molecule has 1 aromatic rings. The van der Waals surface area contributed by atoms with Crippen molar-refractivity contribution in [1.82, 2.24) is 4.98 Å². The molecule has 0 unspecified atom stereocenters. The highest BCUT2D eigenvalue weighted by Crippen LogP contribution is 2.35. The summed E-state index contributed by atoms with van der Waals surface area (Å²) in [4.78, 5) is 5.83. The fourth-order valence-electron chi connectivity index (χ4n) is 1.94. The average molecular weight is 196 g/mol. The highest BCUT2D eigenvalue weighted by Gasteiger charge is 2.19. The van der Waals surface area contributed by atoms with Crippen LogP contribution in [0.2, 0.25) is 0 Å². The van der Waals surface area contributed by atoms with Crippen LogP contribution in [0.5, 0.6) is 0 Å². The summed E-state index contributed by atoms with van der Waals surface area (Å²) >= 11 is 1.86. The Labute approximate surface area is 83.2 Å². The minimum atomic E-state index is 0.742. The Morgan fingerprint density at radius 2 is 2.23 bits per heavy atom. The highest BCUT2D eigenvalue weighted by atomic mass is 32.1. The fourth-order valence-corrected chi connectivity index (χ4v) is 3.04. The standard InChI is InChI=1S/C10H16N2S/c11-6-5-9-7-12-10(13-9)8-3-1-2-4-8/h7-8H,1-6,11H2. The van der Waals surface area contributed by atoms with Gasteiger partial charge in [-0.05, 0) is 25.8 Å². The highest BCUT2D eigenvalue weighted by molar-refractivity contribution is 7.11. The van der Waals surface area contributed by atoms with Crippen molar-refractivity contribution >= 4 is 11.3 Å². The van der Waals surface area contributed by atoms with Crippen molar-refractivity contribution in [3.63, 3.8) is 0 Å². The van der Waals surface area contributed by atoms with Crippen molar-refractivity contribution in [3.05, 3.63) is 16.1 Å². The summed E-state index contributed by atoms with van der Waals surface area (Å²) in [6.45, 7) is 0.742. The van der Waals surface area contributed by atoms with Gasteiger partial charge in [-0.3, -0.25) is 0 Å². The van der Waals surface area contributed by atoms with Crippen LogP contribution in [-0.4, -0.2) is 11.5 Å². The molecule has 0 saturated heterocycles. The lowest BCUT2D eigenvalue weighted by molar-refractivity contribution is 0.716. The van der Waals surface area contributed by atoms with Crippen molar-refractivity contribution in [2.45, 2.75) is 38.0 Å². The summed E-state index contributed by atoms with van der Waals surface area (Å²) in [7, 11) is 0. The zero-order chi connectivity index (χ0) is 9.10. The number of thiazole rings is 1. The molecule has 2 N–H and O–H groups in total. The smallest absolute Gasteiger partial charge is 0.0958 e. The van der Waals surface area contributed by atoms with Crippen molar-refractivity contribution in [2.75, 3.05) is 6.54 Å². The molecule has 2 rings (SSSR count). The molecule has 1 fully saturated rings. The van der Waals surface area contributed by atoms with E-state index in [2.05, 4.69) is 4.98 Å². The van der Waals surface area contributed by atoms with Gasteiger partial charge in [0.05, 0.1) is 5.01 Å². The molecule has 1 aliphatic rings. The van der Waals surface area contributed by atoms with E-state index in [1.54, 1.807) is 0 Å². The molecule has 0 atom stereocenters. The number of rotatable bonds is 3. The quantitative estimate of drug-likeness (QED) is 0.805. The van der Waals surface area contributed by atoms with Crippen LogP contribution in [0, 0.1) is 0 Å². The van der Waals surface area contributed by atoms with Gasteiger partial charge in [0.15, 0.2) is 0 Å². The van der Waals surface area contributed by atoms with Gasteiger partial charge in [-0.1, -0.05) is 12.8 Å². The van der Waals surface area contributed by atoms with Crippen LogP contribution in [0.15, 0.2) is 6.20 Å². The third kappa shape index (κ3) is 2.09. The van der Waals surface area contributed by atoms with Gasteiger partial charge in [0.25, 0.3) is 0 Å². The monoisotopic (exact) mass is 196 g/mol. The van der Waals surface area contributed by atoms with Crippen LogP contribution in [0.25, 0.3) is 0 Å². The molecule has 2 nitrogen and oxygen atoms in total. The first kappa shape index (κ1) is 9.16. The predicted molar refractivity (Wildman–Crippen MR) is 56.1 cm³/mol. The Morgan fingerprint density at radius 3 is 2.92 bits per heavy atom. The van der Waals surface area contributed by atoms with E-state index in [1.807, 2.05) is 17.5 Å². The van der Waals surface area contributed by atoms with Crippen LogP contribution in [0.3, 0.4) is 0 Å². The van der Waals surface area contributed by atoms with E-state index in [9.17, 15) is 0 Å². The van der Waals surface area contributed by atoms with Gasteiger partial charge in [-0.2, -0.15) is 0 Å². The second kappa shape index (κ2) is 4.20. The lowest BCUT2D eigenvalue weighted by Gasteiger charge is -2.02. The molecule has 3 heteroatoms. The normalized spacial score (nSPS) is 18.2. The first-order chi connectivity index (χ1) is 6.40. The van der Waals surface area contributed by atoms with E-state index in [1.165, 1.54) is 35.6 Å². The Balaban J connectivity index is 2.03. The third-order valence-electron chi connectivity index (χ3n) is 2.67. The topological polar surface area (TPSA) is 38.9 Å². The second-order valence-corrected chi connectivity index (χ2v) is 4.83. The fraction of sp³-hybridized carbons (Fsp3) is 0.700. The third-order valence-corrected chi connectivity index (χ3v) is 3.89. The Morgan fingerprint density at radius 1 is 1.46 bits per heavy atom. The maximum absolute atomic E-state index is 5.50. The van der Waals surface area contributed by atoms with Gasteiger partial charge >= 0.3 is 0 Å². The first-order valence-corrected chi connectivity index (χ1v) is 5.86. The average Bonchev–Trinajstić information content (AvgIpc) is 2.70. The minimum absolute atomic E-state index is 0.742. The van der Waals surface area contributed by atoms with Gasteiger partial charge < -0.3 is 5.73 Å². The van der Waals surface area contributed by atoms with E-state index in [0.717, 1.165) is 18.9 Å². The van der Waals surface area contributed by atoms with Crippen LogP contribution in [0.1, 0.15) is 41.5 Å². The predicted octanol–water partition coefficient (Wildman–Crippen LogP) is 2.30. The lowest BCUT2D eigenvalue weighted by Crippen LogP contribution is -2.00. The van der Waals surface area contributed by atoms with Crippen molar-refractivity contribution < 1.29 is 0 Å². The van der Waals surface area contributed by atoms with Crippen LogP contribution >= 0.6 is 11.3 Å². The van der Waals surface area contributed by atoms with Gasteiger partial charge in [-0.15, -0.1) is 11.3 Å². The molecule has 0 aromatic carbocycles. The summed E-state index contributed by atoms with van der Waals surface area (Å²) < 4.78 is 0. The zero-order valence-corrected chi connectivity index (χ0v) is 8.65. The SMILES string of the molecule is NCCc1cnc(C2CCCC2)s1. The number of nitrogens with zero attached hydrogens (tertiary/aromatic N) is 1. The summed E-state index contributed by atoms with van der Waals surface area (Å²) in [5.41, 5.74) is 5.50. The van der Waals surface area contributed by atoms with Gasteiger partial charge in [-0.25, -0.2) is 4.98 Å². The van der Waals surface area contributed by atoms with Crippen LogP contribution < -0.4 is 5.73 Å². The van der Waals surface area contributed by atoms with E-state index < -0.39 is 0 Å². The number of hydrogen-bond donors (Lipinski definition) is 1. The molecule has 1 saturated carbocycles. The summed E-state index contributed by atoms with van der Waals surface area (Å²) in [5.74, 6) is 0.761. The maximum Gasteiger partial charge on any atom is 0.0958 e. The summed E-state index contributed by atoms with van der Waals surface area (Å²) in [6, 6.07) is 0. The summed E-state index contributed by atoms with van der Waals surface area (Å²) in [5, 5.41) is 1.35. The molecule has 0 bridgehead atoms. The van der Waals surface area contributed by atoms with E-state index in [4.69, 9.17) is 5.73 Å². The number of nitrogens with two attached hydrogens (primary N) is 1. The molecule has 1 aliphatic carbocycles. The Bertz CT molecular complexity index is 264. The molecule has 0 spiro atoms. The lowest BCUT2D eigenvalue weighted by atomic mass is 10.1. The largest absolute Gasteiger partial charge is 0.330 e. The summed E-state index contributed by atoms with van der Waals surface area (Å²) in [6.07, 6.45) is 8.45. The number of aromatic nitrogens is 1. The number of hydrogen-bond acceptors (Lipinski definition) is 3. The molecule has 1 aromatic heterocycles. The Hall–Kier alpha value is -0.410. The molecule has 0 radical (unpaired) electrons. The van der Waals surface area contributed by atoms with Gasteiger partial charge in [0.2, 0.25) is 0 Å². The van der Waals surface area contributed by atoms with Crippen molar-refractivity contribution in [3.8, 4) is 0 Å². The first-order valence-electron chi connectivity index (χ1n) is 5.05. The Kier molecular flexibility index (Phi) is 2.96.